The number of hydrogen-bond acceptors (Lipinski definition) is 8. The van der Waals surface area contributed by atoms with Crippen LogP contribution in [0, 0.1) is 5.41 Å². The number of nitrogens with zero attached hydrogens (tertiary/aromatic N) is 1. The fourth-order valence-corrected chi connectivity index (χ4v) is 6.60. The van der Waals surface area contributed by atoms with Crippen LogP contribution in [-0.2, 0) is 30.2 Å². The molecule has 9 heteroatoms. The number of alkyl halides is 1. The molecular weight excluding hydrogens is 469 g/mol. The predicted molar refractivity (Wildman–Crippen MR) is 127 cm³/mol. The first-order valence-corrected chi connectivity index (χ1v) is 12.7. The minimum Gasteiger partial charge on any atom is -0.497 e. The standard InChI is InChI=1S/C27H34FNO7/c1-4-7-26(2,14-22(30)33-15-28)25(31)36-24-21(32-3)13-27-8-5-9-29(27)10-6-17-11-19-20(35-16-34-19)12-18(17)23(24)27/h11-13,23-24H,4-10,14-16H2,1-3H3/t23-,24-,26+,27+/m1/s1. The van der Waals surface area contributed by atoms with E-state index in [0.29, 0.717) is 24.4 Å². The molecule has 0 amide bonds. The lowest BCUT2D eigenvalue weighted by Gasteiger charge is -2.40. The molecule has 1 aromatic carbocycles. The predicted octanol–water partition coefficient (Wildman–Crippen LogP) is 4.01. The topological polar surface area (TPSA) is 83.5 Å². The molecule has 196 valence electrons. The monoisotopic (exact) mass is 503 g/mol. The van der Waals surface area contributed by atoms with E-state index in [1.807, 2.05) is 19.1 Å². The Labute approximate surface area is 210 Å². The number of ether oxygens (including phenoxy) is 5. The van der Waals surface area contributed by atoms with Crippen LogP contribution in [0.2, 0.25) is 0 Å². The third-order valence-electron chi connectivity index (χ3n) is 8.24. The third kappa shape index (κ3) is 4.01. The van der Waals surface area contributed by atoms with Gasteiger partial charge in [0.1, 0.15) is 5.76 Å². The van der Waals surface area contributed by atoms with E-state index in [9.17, 15) is 14.0 Å². The Bertz CT molecular complexity index is 1070. The first-order valence-electron chi connectivity index (χ1n) is 12.7. The zero-order chi connectivity index (χ0) is 25.5. The molecule has 3 heterocycles. The quantitative estimate of drug-likeness (QED) is 0.492. The smallest absolute Gasteiger partial charge is 0.313 e. The normalized spacial score (nSPS) is 27.7. The number of carbonyl (C=O) groups is 2. The molecule has 8 nitrogen and oxygen atoms in total. The van der Waals surface area contributed by atoms with Gasteiger partial charge in [0.25, 0.3) is 0 Å². The Morgan fingerprint density at radius 1 is 1.25 bits per heavy atom. The third-order valence-corrected chi connectivity index (χ3v) is 8.24. The Balaban J connectivity index is 1.53. The van der Waals surface area contributed by atoms with Gasteiger partial charge in [0.2, 0.25) is 13.7 Å². The van der Waals surface area contributed by atoms with Crippen LogP contribution < -0.4 is 9.47 Å². The van der Waals surface area contributed by atoms with E-state index in [4.69, 9.17) is 18.9 Å². The SMILES string of the molecule is CCC[C@@](C)(CC(=O)OCF)C(=O)O[C@@H]1C(OC)=C[C@]23CCCN2CCc2cc4c(cc2[C@H]13)OCO4. The number of esters is 2. The average Bonchev–Trinajstić information content (AvgIpc) is 3.53. The van der Waals surface area contributed by atoms with Crippen LogP contribution in [0.4, 0.5) is 4.39 Å². The van der Waals surface area contributed by atoms with Gasteiger partial charge < -0.3 is 23.7 Å². The van der Waals surface area contributed by atoms with E-state index in [2.05, 4.69) is 15.7 Å². The van der Waals surface area contributed by atoms with Gasteiger partial charge in [-0.2, -0.15) is 0 Å². The van der Waals surface area contributed by atoms with Crippen molar-refractivity contribution < 1.29 is 37.7 Å². The fraction of sp³-hybridized carbons (Fsp3) is 0.630. The molecule has 0 N–H and O–H groups in total. The summed E-state index contributed by atoms with van der Waals surface area (Å²) in [5.41, 5.74) is 0.725. The highest BCUT2D eigenvalue weighted by Gasteiger charge is 2.58. The van der Waals surface area contributed by atoms with Gasteiger partial charge in [-0.3, -0.25) is 14.5 Å². The van der Waals surface area contributed by atoms with Crippen LogP contribution in [-0.4, -0.2) is 62.3 Å². The molecule has 0 saturated carbocycles. The van der Waals surface area contributed by atoms with Crippen molar-refractivity contribution >= 4 is 11.9 Å². The second-order valence-electron chi connectivity index (χ2n) is 10.4. The number of methoxy groups -OCH3 is 1. The van der Waals surface area contributed by atoms with Gasteiger partial charge in [-0.15, -0.1) is 0 Å². The number of fused-ring (bicyclic) bond motifs is 3. The summed E-state index contributed by atoms with van der Waals surface area (Å²) in [6.07, 6.45) is 5.08. The van der Waals surface area contributed by atoms with E-state index in [0.717, 1.165) is 49.2 Å². The van der Waals surface area contributed by atoms with Gasteiger partial charge in [-0.1, -0.05) is 13.3 Å². The zero-order valence-electron chi connectivity index (χ0n) is 21.1. The summed E-state index contributed by atoms with van der Waals surface area (Å²) in [5, 5.41) is 0. The summed E-state index contributed by atoms with van der Waals surface area (Å²) in [6, 6.07) is 4.08. The van der Waals surface area contributed by atoms with Crippen molar-refractivity contribution in [3.8, 4) is 11.5 Å². The average molecular weight is 504 g/mol. The lowest BCUT2D eigenvalue weighted by Crippen LogP contribution is -2.48. The molecule has 1 saturated heterocycles. The van der Waals surface area contributed by atoms with Crippen LogP contribution in [0.3, 0.4) is 0 Å². The zero-order valence-corrected chi connectivity index (χ0v) is 21.1. The number of benzene rings is 1. The summed E-state index contributed by atoms with van der Waals surface area (Å²) < 4.78 is 40.6. The van der Waals surface area contributed by atoms with Crippen molar-refractivity contribution in [2.75, 3.05) is 33.9 Å². The number of carbonyl (C=O) groups excluding carboxylic acids is 2. The van der Waals surface area contributed by atoms with Crippen LogP contribution in [0.25, 0.3) is 0 Å². The summed E-state index contributed by atoms with van der Waals surface area (Å²) in [7, 11) is 1.60. The van der Waals surface area contributed by atoms with E-state index >= 15 is 0 Å². The first-order chi connectivity index (χ1) is 17.3. The molecule has 0 radical (unpaired) electrons. The second-order valence-corrected chi connectivity index (χ2v) is 10.4. The highest BCUT2D eigenvalue weighted by Crippen LogP contribution is 2.56. The maximum absolute atomic E-state index is 13.7. The molecule has 1 aromatic rings. The number of hydrogen-bond donors (Lipinski definition) is 0. The van der Waals surface area contributed by atoms with Crippen molar-refractivity contribution in [2.24, 2.45) is 5.41 Å². The Kier molecular flexibility index (Phi) is 6.61. The van der Waals surface area contributed by atoms with Gasteiger partial charge in [0.15, 0.2) is 17.6 Å². The highest BCUT2D eigenvalue weighted by molar-refractivity contribution is 5.83. The lowest BCUT2D eigenvalue weighted by molar-refractivity contribution is -0.168. The summed E-state index contributed by atoms with van der Waals surface area (Å²) in [5.74, 6) is 0.561. The maximum atomic E-state index is 13.7. The van der Waals surface area contributed by atoms with Crippen molar-refractivity contribution in [1.29, 1.82) is 0 Å². The largest absolute Gasteiger partial charge is 0.497 e. The van der Waals surface area contributed by atoms with Gasteiger partial charge in [0.05, 0.1) is 30.4 Å². The molecule has 36 heavy (non-hydrogen) atoms. The van der Waals surface area contributed by atoms with Gasteiger partial charge >= 0.3 is 11.9 Å². The van der Waals surface area contributed by atoms with E-state index in [1.54, 1.807) is 14.0 Å². The molecular formula is C27H34FNO7. The summed E-state index contributed by atoms with van der Waals surface area (Å²) in [4.78, 5) is 28.3. The molecule has 4 atom stereocenters. The van der Waals surface area contributed by atoms with Gasteiger partial charge in [-0.25, -0.2) is 4.39 Å². The number of rotatable bonds is 8. The van der Waals surface area contributed by atoms with Crippen LogP contribution >= 0.6 is 0 Å². The molecule has 5 rings (SSSR count). The van der Waals surface area contributed by atoms with Gasteiger partial charge in [0, 0.05) is 6.54 Å². The lowest BCUT2D eigenvalue weighted by atomic mass is 9.77. The van der Waals surface area contributed by atoms with Crippen LogP contribution in [0.15, 0.2) is 24.0 Å². The molecule has 4 aliphatic rings. The summed E-state index contributed by atoms with van der Waals surface area (Å²) >= 11 is 0. The Hall–Kier alpha value is -2.81. The van der Waals surface area contributed by atoms with E-state index in [1.165, 1.54) is 0 Å². The van der Waals surface area contributed by atoms with Crippen molar-refractivity contribution in [1.82, 2.24) is 4.90 Å². The maximum Gasteiger partial charge on any atom is 0.313 e. The van der Waals surface area contributed by atoms with Crippen molar-refractivity contribution in [3.05, 3.63) is 35.1 Å². The molecule has 0 unspecified atom stereocenters. The fourth-order valence-electron chi connectivity index (χ4n) is 6.60. The van der Waals surface area contributed by atoms with Crippen molar-refractivity contribution in [2.45, 2.75) is 69.9 Å². The molecule has 0 aromatic heterocycles. The Morgan fingerprint density at radius 2 is 2.03 bits per heavy atom. The summed E-state index contributed by atoms with van der Waals surface area (Å²) in [6.45, 7) is 4.40. The molecule has 1 fully saturated rings. The van der Waals surface area contributed by atoms with Crippen LogP contribution in [0.5, 0.6) is 11.5 Å². The minimum absolute atomic E-state index is 0.185. The number of halogens is 1. The molecule has 0 bridgehead atoms. The minimum atomic E-state index is -1.22. The highest BCUT2D eigenvalue weighted by atomic mass is 19.1. The Morgan fingerprint density at radius 3 is 2.75 bits per heavy atom. The second kappa shape index (κ2) is 9.57. The van der Waals surface area contributed by atoms with E-state index in [-0.39, 0.29) is 24.7 Å². The van der Waals surface area contributed by atoms with Gasteiger partial charge in [-0.05, 0) is 68.5 Å². The van der Waals surface area contributed by atoms with Crippen LogP contribution in [0.1, 0.15) is 63.0 Å². The van der Waals surface area contributed by atoms with E-state index < -0.39 is 30.3 Å². The molecule has 1 aliphatic carbocycles. The molecule has 1 spiro atoms. The molecule has 3 aliphatic heterocycles. The van der Waals surface area contributed by atoms with Crippen molar-refractivity contribution in [3.63, 3.8) is 0 Å². The first kappa shape index (κ1) is 24.9.